The van der Waals surface area contributed by atoms with Crippen LogP contribution in [0.5, 0.6) is 0 Å². The van der Waals surface area contributed by atoms with Crippen LogP contribution in [0, 0.1) is 17.8 Å². The Kier molecular flexibility index (Phi) is 3.20. The lowest BCUT2D eigenvalue weighted by Gasteiger charge is -2.05. The van der Waals surface area contributed by atoms with E-state index in [1.54, 1.807) is 10.8 Å². The van der Waals surface area contributed by atoms with Crippen LogP contribution >= 0.6 is 0 Å². The molecule has 4 heteroatoms. The first kappa shape index (κ1) is 13.7. The molecule has 0 bridgehead atoms. The quantitative estimate of drug-likeness (QED) is 0.599. The lowest BCUT2D eigenvalue weighted by atomic mass is 10.1. The van der Waals surface area contributed by atoms with Gasteiger partial charge in [-0.2, -0.15) is 0 Å². The minimum atomic E-state index is 0.0542. The predicted octanol–water partition coefficient (Wildman–Crippen LogP) is 2.38. The Bertz CT molecular complexity index is 1010. The van der Waals surface area contributed by atoms with Gasteiger partial charge in [0.2, 0.25) is 0 Å². The molecule has 0 radical (unpaired) electrons. The summed E-state index contributed by atoms with van der Waals surface area (Å²) in [6.07, 6.45) is 2.58. The van der Waals surface area contributed by atoms with Gasteiger partial charge in [-0.05, 0) is 42.2 Å². The average Bonchev–Trinajstić information content (AvgIpc) is 2.94. The Hall–Kier alpha value is -2.93. The first-order valence-electron chi connectivity index (χ1n) is 7.67. The van der Waals surface area contributed by atoms with Gasteiger partial charge in [-0.3, -0.25) is 9.36 Å². The fourth-order valence-corrected chi connectivity index (χ4v) is 2.95. The number of rotatable bonds is 0. The Balaban J connectivity index is 1.79. The van der Waals surface area contributed by atoms with Gasteiger partial charge in [0.1, 0.15) is 11.5 Å². The summed E-state index contributed by atoms with van der Waals surface area (Å²) in [7, 11) is 0. The molecule has 3 heterocycles. The molecule has 0 amide bonds. The minimum absolute atomic E-state index is 0.0542. The van der Waals surface area contributed by atoms with Crippen LogP contribution in [0.4, 0.5) is 0 Å². The molecule has 4 rings (SSSR count). The maximum Gasteiger partial charge on any atom is 0.261 e. The third kappa shape index (κ3) is 2.51. The number of benzene rings is 1. The van der Waals surface area contributed by atoms with Crippen molar-refractivity contribution in [3.63, 3.8) is 0 Å². The standard InChI is InChI=1S/C19H15N3O/c1-13-10-18-21-17-11-14(5-7-15-4-2-3-9-20-15)6-8-16(17)19(23)22(18)12-13/h2-4,6,8-9,11,13H,10,12H2,1H3/t13-/m0/s1. The maximum atomic E-state index is 12.5. The molecule has 4 nitrogen and oxygen atoms in total. The molecule has 1 aromatic carbocycles. The first-order valence-corrected chi connectivity index (χ1v) is 7.67. The lowest BCUT2D eigenvalue weighted by molar-refractivity contribution is 0.558. The van der Waals surface area contributed by atoms with E-state index in [2.05, 4.69) is 28.7 Å². The van der Waals surface area contributed by atoms with Crippen molar-refractivity contribution in [2.24, 2.45) is 5.92 Å². The molecule has 0 aliphatic carbocycles. The third-order valence-electron chi connectivity index (χ3n) is 4.06. The zero-order chi connectivity index (χ0) is 15.8. The Morgan fingerprint density at radius 1 is 1.22 bits per heavy atom. The summed E-state index contributed by atoms with van der Waals surface area (Å²) in [4.78, 5) is 21.4. The number of hydrogen-bond donors (Lipinski definition) is 0. The summed E-state index contributed by atoms with van der Waals surface area (Å²) in [5.74, 6) is 7.46. The summed E-state index contributed by atoms with van der Waals surface area (Å²) in [6, 6.07) is 11.2. The van der Waals surface area contributed by atoms with E-state index in [9.17, 15) is 4.79 Å². The SMILES string of the molecule is C[C@H]1Cc2nc3cc(C#Cc4ccccn4)ccc3c(=O)n2C1. The largest absolute Gasteiger partial charge is 0.296 e. The zero-order valence-electron chi connectivity index (χ0n) is 12.8. The van der Waals surface area contributed by atoms with E-state index in [-0.39, 0.29) is 5.56 Å². The van der Waals surface area contributed by atoms with Crippen molar-refractivity contribution in [2.45, 2.75) is 19.9 Å². The number of hydrogen-bond acceptors (Lipinski definition) is 3. The van der Waals surface area contributed by atoms with Crippen LogP contribution in [0.2, 0.25) is 0 Å². The molecule has 23 heavy (non-hydrogen) atoms. The normalized spacial score (nSPS) is 16.0. The van der Waals surface area contributed by atoms with Gasteiger partial charge in [0.25, 0.3) is 5.56 Å². The first-order chi connectivity index (χ1) is 11.2. The molecule has 0 unspecified atom stereocenters. The van der Waals surface area contributed by atoms with Crippen molar-refractivity contribution in [3.8, 4) is 11.8 Å². The van der Waals surface area contributed by atoms with E-state index in [4.69, 9.17) is 0 Å². The van der Waals surface area contributed by atoms with Crippen molar-refractivity contribution in [3.05, 3.63) is 70.0 Å². The Labute approximate surface area is 133 Å². The molecule has 0 spiro atoms. The average molecular weight is 301 g/mol. The van der Waals surface area contributed by atoms with E-state index in [0.29, 0.717) is 11.3 Å². The fourth-order valence-electron chi connectivity index (χ4n) is 2.95. The topological polar surface area (TPSA) is 47.8 Å². The molecule has 112 valence electrons. The van der Waals surface area contributed by atoms with Crippen molar-refractivity contribution in [2.75, 3.05) is 0 Å². The van der Waals surface area contributed by atoms with E-state index >= 15 is 0 Å². The monoisotopic (exact) mass is 301 g/mol. The maximum absolute atomic E-state index is 12.5. The van der Waals surface area contributed by atoms with Crippen LogP contribution in [0.25, 0.3) is 10.9 Å². The van der Waals surface area contributed by atoms with E-state index in [1.165, 1.54) is 0 Å². The summed E-state index contributed by atoms with van der Waals surface area (Å²) in [6.45, 7) is 2.90. The van der Waals surface area contributed by atoms with Crippen LogP contribution in [0.1, 0.15) is 24.0 Å². The van der Waals surface area contributed by atoms with E-state index in [1.807, 2.05) is 36.4 Å². The van der Waals surface area contributed by atoms with Crippen LogP contribution in [0.15, 0.2) is 47.4 Å². The number of pyridine rings is 1. The number of nitrogens with zero attached hydrogens (tertiary/aromatic N) is 3. The van der Waals surface area contributed by atoms with Gasteiger partial charge in [-0.15, -0.1) is 0 Å². The minimum Gasteiger partial charge on any atom is -0.296 e. The Morgan fingerprint density at radius 2 is 2.13 bits per heavy atom. The molecule has 1 aliphatic heterocycles. The summed E-state index contributed by atoms with van der Waals surface area (Å²) < 4.78 is 1.80. The van der Waals surface area contributed by atoms with Gasteiger partial charge in [0, 0.05) is 24.7 Å². The highest BCUT2D eigenvalue weighted by Gasteiger charge is 2.21. The highest BCUT2D eigenvalue weighted by molar-refractivity contribution is 5.79. The van der Waals surface area contributed by atoms with Crippen molar-refractivity contribution in [1.29, 1.82) is 0 Å². The van der Waals surface area contributed by atoms with Gasteiger partial charge in [-0.1, -0.05) is 18.9 Å². The molecular weight excluding hydrogens is 286 g/mol. The second-order valence-electron chi connectivity index (χ2n) is 5.95. The Morgan fingerprint density at radius 3 is 2.96 bits per heavy atom. The van der Waals surface area contributed by atoms with Crippen LogP contribution in [-0.2, 0) is 13.0 Å². The summed E-state index contributed by atoms with van der Waals surface area (Å²) in [5, 5.41) is 0.659. The second-order valence-corrected chi connectivity index (χ2v) is 5.95. The zero-order valence-corrected chi connectivity index (χ0v) is 12.8. The molecular formula is C19H15N3O. The molecule has 0 saturated carbocycles. The van der Waals surface area contributed by atoms with E-state index in [0.717, 1.165) is 35.6 Å². The third-order valence-corrected chi connectivity index (χ3v) is 4.06. The number of fused-ring (bicyclic) bond motifs is 2. The summed E-state index contributed by atoms with van der Waals surface area (Å²) >= 11 is 0. The summed E-state index contributed by atoms with van der Waals surface area (Å²) in [5.41, 5.74) is 2.34. The van der Waals surface area contributed by atoms with Gasteiger partial charge >= 0.3 is 0 Å². The predicted molar refractivity (Wildman–Crippen MR) is 89.1 cm³/mol. The molecule has 0 N–H and O–H groups in total. The molecule has 1 atom stereocenters. The van der Waals surface area contributed by atoms with Gasteiger partial charge in [0.05, 0.1) is 10.9 Å². The van der Waals surface area contributed by atoms with Crippen LogP contribution < -0.4 is 5.56 Å². The van der Waals surface area contributed by atoms with Crippen molar-refractivity contribution >= 4 is 10.9 Å². The molecule has 0 fully saturated rings. The van der Waals surface area contributed by atoms with Gasteiger partial charge in [0.15, 0.2) is 0 Å². The molecule has 0 saturated heterocycles. The van der Waals surface area contributed by atoms with Crippen molar-refractivity contribution in [1.82, 2.24) is 14.5 Å². The van der Waals surface area contributed by atoms with Crippen LogP contribution in [-0.4, -0.2) is 14.5 Å². The molecule has 2 aromatic heterocycles. The number of aromatic nitrogens is 3. The van der Waals surface area contributed by atoms with E-state index < -0.39 is 0 Å². The molecule has 3 aromatic rings. The van der Waals surface area contributed by atoms with Gasteiger partial charge in [-0.25, -0.2) is 9.97 Å². The second kappa shape index (κ2) is 5.36. The highest BCUT2D eigenvalue weighted by atomic mass is 16.1. The fraction of sp³-hybridized carbons (Fsp3) is 0.211. The smallest absolute Gasteiger partial charge is 0.261 e. The van der Waals surface area contributed by atoms with Crippen molar-refractivity contribution < 1.29 is 0 Å². The highest BCUT2D eigenvalue weighted by Crippen LogP contribution is 2.19. The lowest BCUT2D eigenvalue weighted by Crippen LogP contribution is -2.21. The van der Waals surface area contributed by atoms with Gasteiger partial charge < -0.3 is 0 Å². The van der Waals surface area contributed by atoms with Crippen LogP contribution in [0.3, 0.4) is 0 Å². The molecule has 1 aliphatic rings.